The van der Waals surface area contributed by atoms with Crippen molar-refractivity contribution in [1.29, 1.82) is 0 Å². The highest BCUT2D eigenvalue weighted by molar-refractivity contribution is 4.89. The van der Waals surface area contributed by atoms with Crippen LogP contribution in [-0.4, -0.2) is 38.0 Å². The van der Waals surface area contributed by atoms with E-state index in [1.807, 2.05) is 28.2 Å². The Balaban J connectivity index is 3.86. The average Bonchev–Trinajstić information content (AvgIpc) is 1.87. The zero-order valence-electron chi connectivity index (χ0n) is 7.72. The fraction of sp³-hybridized carbons (Fsp3) is 0.500. The number of nitrogens with zero attached hydrogens (tertiary/aromatic N) is 2. The third kappa shape index (κ3) is 3.55. The predicted molar refractivity (Wildman–Crippen MR) is 46.7 cm³/mol. The van der Waals surface area contributed by atoms with Crippen molar-refractivity contribution in [3.05, 3.63) is 24.9 Å². The normalized spacial score (nSPS) is 8.73. The van der Waals surface area contributed by atoms with Gasteiger partial charge in [-0.15, -0.1) is 0 Å². The minimum Gasteiger partial charge on any atom is -0.426 e. The van der Waals surface area contributed by atoms with Crippen molar-refractivity contribution in [2.24, 2.45) is 0 Å². The van der Waals surface area contributed by atoms with Gasteiger partial charge in [0.15, 0.2) is 11.8 Å². The molecule has 0 saturated heterocycles. The topological polar surface area (TPSA) is 15.7 Å². The Bertz CT molecular complexity index is 143. The monoisotopic (exact) mass is 156 g/mol. The van der Waals surface area contributed by atoms with Crippen LogP contribution in [0.1, 0.15) is 0 Å². The predicted octanol–water partition coefficient (Wildman–Crippen LogP) is 1.07. The number of rotatable bonds is 4. The molecule has 0 aromatic heterocycles. The Morgan fingerprint density at radius 2 is 1.18 bits per heavy atom. The van der Waals surface area contributed by atoms with E-state index in [-0.39, 0.29) is 0 Å². The quantitative estimate of drug-likeness (QED) is 0.566. The van der Waals surface area contributed by atoms with Crippen LogP contribution in [0.4, 0.5) is 0 Å². The van der Waals surface area contributed by atoms with Gasteiger partial charge >= 0.3 is 0 Å². The van der Waals surface area contributed by atoms with Crippen molar-refractivity contribution < 1.29 is 4.74 Å². The van der Waals surface area contributed by atoms with Crippen molar-refractivity contribution in [2.75, 3.05) is 28.2 Å². The molecule has 0 saturated carbocycles. The third-order valence-electron chi connectivity index (χ3n) is 1.23. The van der Waals surface area contributed by atoms with Crippen LogP contribution in [0.3, 0.4) is 0 Å². The van der Waals surface area contributed by atoms with E-state index in [0.717, 1.165) is 0 Å². The van der Waals surface area contributed by atoms with Crippen LogP contribution < -0.4 is 0 Å². The van der Waals surface area contributed by atoms with Crippen LogP contribution in [0.2, 0.25) is 0 Å². The molecule has 0 bridgehead atoms. The molecule has 0 aliphatic rings. The second-order valence-electron chi connectivity index (χ2n) is 2.68. The van der Waals surface area contributed by atoms with Crippen molar-refractivity contribution in [2.45, 2.75) is 0 Å². The second kappa shape index (κ2) is 3.91. The average molecular weight is 156 g/mol. The summed E-state index contributed by atoms with van der Waals surface area (Å²) in [6, 6.07) is 0. The molecular weight excluding hydrogens is 140 g/mol. The zero-order chi connectivity index (χ0) is 9.02. The third-order valence-corrected chi connectivity index (χ3v) is 1.23. The summed E-state index contributed by atoms with van der Waals surface area (Å²) < 4.78 is 5.24. The molecular formula is C8H16N2O. The summed E-state index contributed by atoms with van der Waals surface area (Å²) in [4.78, 5) is 3.57. The van der Waals surface area contributed by atoms with Gasteiger partial charge in [0, 0.05) is 28.2 Å². The molecule has 0 unspecified atom stereocenters. The summed E-state index contributed by atoms with van der Waals surface area (Å²) in [6.07, 6.45) is 0. The largest absolute Gasteiger partial charge is 0.426 e. The van der Waals surface area contributed by atoms with Gasteiger partial charge in [-0.05, 0) is 13.2 Å². The second-order valence-corrected chi connectivity index (χ2v) is 2.68. The van der Waals surface area contributed by atoms with Crippen molar-refractivity contribution in [3.63, 3.8) is 0 Å². The van der Waals surface area contributed by atoms with Gasteiger partial charge in [-0.1, -0.05) is 0 Å². The summed E-state index contributed by atoms with van der Waals surface area (Å²) in [6.45, 7) is 7.39. The summed E-state index contributed by atoms with van der Waals surface area (Å²) >= 11 is 0. The molecule has 11 heavy (non-hydrogen) atoms. The van der Waals surface area contributed by atoms with Gasteiger partial charge in [0.1, 0.15) is 0 Å². The van der Waals surface area contributed by atoms with Crippen LogP contribution in [0.15, 0.2) is 24.9 Å². The highest BCUT2D eigenvalue weighted by Crippen LogP contribution is 2.05. The molecule has 3 nitrogen and oxygen atoms in total. The molecule has 0 aliphatic heterocycles. The standard InChI is InChI=1S/C8H16N2O/c1-7(9(3)4)11-8(2)10(5)6/h1-2H2,3-6H3. The van der Waals surface area contributed by atoms with Crippen molar-refractivity contribution >= 4 is 0 Å². The van der Waals surface area contributed by atoms with E-state index < -0.39 is 0 Å². The minimum atomic E-state index is 0.587. The lowest BCUT2D eigenvalue weighted by Crippen LogP contribution is -2.18. The smallest absolute Gasteiger partial charge is 0.190 e. The highest BCUT2D eigenvalue weighted by atomic mass is 16.5. The fourth-order valence-electron chi connectivity index (χ4n) is 0.319. The molecule has 3 heteroatoms. The Hall–Kier alpha value is -1.12. The molecule has 0 heterocycles. The molecule has 0 aliphatic carbocycles. The lowest BCUT2D eigenvalue weighted by molar-refractivity contribution is 0.149. The van der Waals surface area contributed by atoms with Crippen LogP contribution in [0, 0.1) is 0 Å². The molecule has 0 aromatic carbocycles. The molecule has 0 spiro atoms. The first-order chi connectivity index (χ1) is 4.95. The maximum absolute atomic E-state index is 5.24. The molecule has 0 radical (unpaired) electrons. The van der Waals surface area contributed by atoms with E-state index in [9.17, 15) is 0 Å². The van der Waals surface area contributed by atoms with Gasteiger partial charge in [0.25, 0.3) is 0 Å². The van der Waals surface area contributed by atoms with E-state index in [4.69, 9.17) is 4.74 Å². The van der Waals surface area contributed by atoms with Gasteiger partial charge in [-0.2, -0.15) is 0 Å². The van der Waals surface area contributed by atoms with Crippen LogP contribution >= 0.6 is 0 Å². The highest BCUT2D eigenvalue weighted by Gasteiger charge is 2.01. The minimum absolute atomic E-state index is 0.587. The molecule has 0 fully saturated rings. The maximum Gasteiger partial charge on any atom is 0.190 e. The molecule has 0 amide bonds. The Kier molecular flexibility index (Phi) is 3.51. The maximum atomic E-state index is 5.24. The van der Waals surface area contributed by atoms with E-state index in [0.29, 0.717) is 11.8 Å². The van der Waals surface area contributed by atoms with E-state index in [1.165, 1.54) is 0 Å². The Morgan fingerprint density at radius 3 is 1.36 bits per heavy atom. The molecule has 0 N–H and O–H groups in total. The van der Waals surface area contributed by atoms with E-state index in [1.54, 1.807) is 9.80 Å². The Morgan fingerprint density at radius 1 is 0.909 bits per heavy atom. The molecule has 0 rings (SSSR count). The Labute approximate surface area is 68.5 Å². The van der Waals surface area contributed by atoms with Crippen molar-refractivity contribution in [1.82, 2.24) is 9.80 Å². The number of hydrogen-bond acceptors (Lipinski definition) is 3. The first-order valence-corrected chi connectivity index (χ1v) is 3.35. The first-order valence-electron chi connectivity index (χ1n) is 3.35. The van der Waals surface area contributed by atoms with Crippen LogP contribution in [0.25, 0.3) is 0 Å². The van der Waals surface area contributed by atoms with Crippen molar-refractivity contribution in [3.8, 4) is 0 Å². The fourth-order valence-corrected chi connectivity index (χ4v) is 0.319. The number of hydrogen-bond donors (Lipinski definition) is 0. The lowest BCUT2D eigenvalue weighted by atomic mass is 10.7. The number of ether oxygens (including phenoxy) is 1. The van der Waals surface area contributed by atoms with E-state index in [2.05, 4.69) is 13.2 Å². The first kappa shape index (κ1) is 9.88. The SMILES string of the molecule is C=C(OC(=C)N(C)C)N(C)C. The van der Waals surface area contributed by atoms with Crippen LogP contribution in [-0.2, 0) is 4.74 Å². The van der Waals surface area contributed by atoms with Gasteiger partial charge < -0.3 is 14.5 Å². The van der Waals surface area contributed by atoms with Gasteiger partial charge in [0.2, 0.25) is 0 Å². The molecule has 0 aromatic rings. The lowest BCUT2D eigenvalue weighted by Gasteiger charge is -2.21. The molecule has 64 valence electrons. The summed E-state index contributed by atoms with van der Waals surface area (Å²) in [7, 11) is 7.47. The van der Waals surface area contributed by atoms with Gasteiger partial charge in [0.05, 0.1) is 0 Å². The summed E-state index contributed by atoms with van der Waals surface area (Å²) in [5, 5.41) is 0. The molecule has 0 atom stereocenters. The summed E-state index contributed by atoms with van der Waals surface area (Å²) in [5.74, 6) is 1.17. The van der Waals surface area contributed by atoms with E-state index >= 15 is 0 Å². The van der Waals surface area contributed by atoms with Gasteiger partial charge in [-0.3, -0.25) is 0 Å². The zero-order valence-corrected chi connectivity index (χ0v) is 7.72. The van der Waals surface area contributed by atoms with Gasteiger partial charge in [-0.25, -0.2) is 0 Å². The summed E-state index contributed by atoms with van der Waals surface area (Å²) in [5.41, 5.74) is 0. The van der Waals surface area contributed by atoms with Crippen LogP contribution in [0.5, 0.6) is 0 Å².